The van der Waals surface area contributed by atoms with E-state index < -0.39 is 0 Å². The first-order valence-electron chi connectivity index (χ1n) is 10.9. The number of carbonyl (C=O) groups excluding carboxylic acids is 1. The predicted octanol–water partition coefficient (Wildman–Crippen LogP) is 5.40. The van der Waals surface area contributed by atoms with Gasteiger partial charge in [0.15, 0.2) is 11.5 Å². The molecular formula is C27H25NO4. The van der Waals surface area contributed by atoms with Crippen molar-refractivity contribution in [3.63, 3.8) is 0 Å². The lowest BCUT2D eigenvalue weighted by atomic mass is 9.98. The minimum absolute atomic E-state index is 0.0725. The van der Waals surface area contributed by atoms with Crippen LogP contribution in [0.2, 0.25) is 0 Å². The van der Waals surface area contributed by atoms with Gasteiger partial charge in [0.05, 0.1) is 0 Å². The van der Waals surface area contributed by atoms with Crippen molar-refractivity contribution >= 4 is 12.2 Å². The molecule has 32 heavy (non-hydrogen) atoms. The molecule has 0 unspecified atom stereocenters. The zero-order valence-electron chi connectivity index (χ0n) is 17.8. The third kappa shape index (κ3) is 4.19. The molecule has 5 rings (SSSR count). The third-order valence-electron chi connectivity index (χ3n) is 5.80. The van der Waals surface area contributed by atoms with Crippen LogP contribution >= 0.6 is 0 Å². The van der Waals surface area contributed by atoms with Crippen molar-refractivity contribution in [2.24, 2.45) is 0 Å². The number of amides is 1. The van der Waals surface area contributed by atoms with E-state index in [0.717, 1.165) is 17.1 Å². The zero-order valence-corrected chi connectivity index (χ0v) is 17.8. The van der Waals surface area contributed by atoms with Gasteiger partial charge in [0.2, 0.25) is 0 Å². The van der Waals surface area contributed by atoms with Crippen molar-refractivity contribution in [2.75, 3.05) is 26.4 Å². The van der Waals surface area contributed by atoms with E-state index in [-0.39, 0.29) is 12.0 Å². The number of nitrogens with one attached hydrogen (secondary N) is 1. The molecular weight excluding hydrogens is 402 g/mol. The second kappa shape index (κ2) is 9.18. The number of rotatable bonds is 6. The van der Waals surface area contributed by atoms with E-state index in [0.29, 0.717) is 32.8 Å². The lowest BCUT2D eigenvalue weighted by Gasteiger charge is -2.18. The van der Waals surface area contributed by atoms with Crippen LogP contribution in [0.3, 0.4) is 0 Å². The molecule has 1 heterocycles. The summed E-state index contributed by atoms with van der Waals surface area (Å²) in [6.45, 7) is 2.00. The van der Waals surface area contributed by atoms with Crippen molar-refractivity contribution in [1.82, 2.24) is 5.32 Å². The molecule has 2 aliphatic rings. The lowest BCUT2D eigenvalue weighted by Crippen LogP contribution is -2.26. The fourth-order valence-electron chi connectivity index (χ4n) is 4.29. The van der Waals surface area contributed by atoms with Gasteiger partial charge in [-0.05, 0) is 46.4 Å². The molecule has 0 fully saturated rings. The van der Waals surface area contributed by atoms with E-state index in [9.17, 15) is 4.79 Å². The largest absolute Gasteiger partial charge is 0.486 e. The highest BCUT2D eigenvalue weighted by molar-refractivity contribution is 5.79. The van der Waals surface area contributed by atoms with E-state index in [4.69, 9.17) is 14.2 Å². The van der Waals surface area contributed by atoms with E-state index in [1.165, 1.54) is 22.3 Å². The molecule has 0 saturated carbocycles. The first-order valence-corrected chi connectivity index (χ1v) is 10.9. The minimum atomic E-state index is -0.389. The number of fused-ring (bicyclic) bond motifs is 4. The molecule has 5 heteroatoms. The third-order valence-corrected chi connectivity index (χ3v) is 5.80. The van der Waals surface area contributed by atoms with E-state index in [2.05, 4.69) is 29.6 Å². The monoisotopic (exact) mass is 427 g/mol. The fourth-order valence-corrected chi connectivity index (χ4v) is 4.29. The number of hydrogen-bond donors (Lipinski definition) is 1. The Morgan fingerprint density at radius 3 is 2.38 bits per heavy atom. The Balaban J connectivity index is 1.10. The summed E-state index contributed by atoms with van der Waals surface area (Å²) in [6, 6.07) is 22.5. The molecule has 0 spiro atoms. The Morgan fingerprint density at radius 1 is 0.938 bits per heavy atom. The number of alkyl carbamates (subject to hydrolysis) is 1. The first-order chi connectivity index (χ1) is 15.8. The average Bonchev–Trinajstić information content (AvgIpc) is 3.16. The molecule has 1 aliphatic heterocycles. The molecule has 0 aromatic heterocycles. The number of benzene rings is 3. The maximum atomic E-state index is 12.2. The Kier molecular flexibility index (Phi) is 5.79. The quantitative estimate of drug-likeness (QED) is 0.535. The lowest BCUT2D eigenvalue weighted by molar-refractivity contribution is 0.143. The van der Waals surface area contributed by atoms with Crippen LogP contribution in [-0.2, 0) is 4.74 Å². The van der Waals surface area contributed by atoms with E-state index in [1.54, 1.807) is 0 Å². The molecule has 0 atom stereocenters. The SMILES string of the molecule is O=C(NCCC=Cc1ccc2c(c1)OCCO2)OCC1c2ccccc2-c2ccccc21. The van der Waals surface area contributed by atoms with Crippen LogP contribution in [0, 0.1) is 0 Å². The summed E-state index contributed by atoms with van der Waals surface area (Å²) in [4.78, 5) is 12.2. The van der Waals surface area contributed by atoms with Gasteiger partial charge in [-0.1, -0.05) is 66.7 Å². The highest BCUT2D eigenvalue weighted by Gasteiger charge is 2.28. The van der Waals surface area contributed by atoms with Crippen LogP contribution in [0.5, 0.6) is 11.5 Å². The molecule has 1 aliphatic carbocycles. The summed E-state index contributed by atoms with van der Waals surface area (Å²) < 4.78 is 16.7. The summed E-state index contributed by atoms with van der Waals surface area (Å²) in [6.07, 6.45) is 4.35. The van der Waals surface area contributed by atoms with Crippen LogP contribution in [-0.4, -0.2) is 32.5 Å². The van der Waals surface area contributed by atoms with Gasteiger partial charge < -0.3 is 19.5 Å². The number of ether oxygens (including phenoxy) is 3. The summed E-state index contributed by atoms with van der Waals surface area (Å²) in [5.74, 6) is 1.63. The van der Waals surface area contributed by atoms with Crippen molar-refractivity contribution in [1.29, 1.82) is 0 Å². The molecule has 1 amide bonds. The molecule has 3 aromatic carbocycles. The van der Waals surface area contributed by atoms with Crippen molar-refractivity contribution < 1.29 is 19.0 Å². The Labute approximate surface area is 187 Å². The average molecular weight is 428 g/mol. The number of hydrogen-bond acceptors (Lipinski definition) is 4. The van der Waals surface area contributed by atoms with Gasteiger partial charge in [0, 0.05) is 12.5 Å². The Hall–Kier alpha value is -3.73. The minimum Gasteiger partial charge on any atom is -0.486 e. The van der Waals surface area contributed by atoms with Crippen LogP contribution in [0.25, 0.3) is 17.2 Å². The first kappa shape index (κ1) is 20.2. The molecule has 5 nitrogen and oxygen atoms in total. The Bertz CT molecular complexity index is 1110. The molecule has 0 radical (unpaired) electrons. The molecule has 162 valence electrons. The van der Waals surface area contributed by atoms with Gasteiger partial charge in [-0.15, -0.1) is 0 Å². The van der Waals surface area contributed by atoms with Gasteiger partial charge in [0.25, 0.3) is 0 Å². The highest BCUT2D eigenvalue weighted by Crippen LogP contribution is 2.44. The van der Waals surface area contributed by atoms with Crippen LogP contribution < -0.4 is 14.8 Å². The van der Waals surface area contributed by atoms with E-state index in [1.807, 2.05) is 54.6 Å². The summed E-state index contributed by atoms with van der Waals surface area (Å²) in [5.41, 5.74) is 5.91. The van der Waals surface area contributed by atoms with Crippen LogP contribution in [0.4, 0.5) is 4.79 Å². The van der Waals surface area contributed by atoms with Crippen LogP contribution in [0.15, 0.2) is 72.8 Å². The second-order valence-electron chi connectivity index (χ2n) is 7.85. The van der Waals surface area contributed by atoms with Gasteiger partial charge in [-0.3, -0.25) is 0 Å². The maximum Gasteiger partial charge on any atom is 0.407 e. The van der Waals surface area contributed by atoms with Gasteiger partial charge in [-0.2, -0.15) is 0 Å². The van der Waals surface area contributed by atoms with E-state index >= 15 is 0 Å². The second-order valence-corrected chi connectivity index (χ2v) is 7.85. The van der Waals surface area contributed by atoms with Crippen LogP contribution in [0.1, 0.15) is 29.0 Å². The van der Waals surface area contributed by atoms with Gasteiger partial charge >= 0.3 is 6.09 Å². The normalized spacial score (nSPS) is 14.1. The topological polar surface area (TPSA) is 56.8 Å². The molecule has 0 bridgehead atoms. The van der Waals surface area contributed by atoms with Crippen molar-refractivity contribution in [2.45, 2.75) is 12.3 Å². The van der Waals surface area contributed by atoms with Crippen molar-refractivity contribution in [3.05, 3.63) is 89.5 Å². The van der Waals surface area contributed by atoms with Gasteiger partial charge in [0.1, 0.15) is 19.8 Å². The van der Waals surface area contributed by atoms with Crippen molar-refractivity contribution in [3.8, 4) is 22.6 Å². The highest BCUT2D eigenvalue weighted by atomic mass is 16.6. The molecule has 3 aromatic rings. The molecule has 1 N–H and O–H groups in total. The summed E-state index contributed by atoms with van der Waals surface area (Å²) >= 11 is 0. The number of carbonyl (C=O) groups is 1. The predicted molar refractivity (Wildman–Crippen MR) is 124 cm³/mol. The summed E-state index contributed by atoms with van der Waals surface area (Å²) in [7, 11) is 0. The molecule has 0 saturated heterocycles. The Morgan fingerprint density at radius 2 is 1.62 bits per heavy atom. The smallest absolute Gasteiger partial charge is 0.407 e. The zero-order chi connectivity index (χ0) is 21.8. The standard InChI is InChI=1S/C27H25NO4/c29-27(28-14-6-5-7-19-12-13-25-26(17-19)31-16-15-30-25)32-18-24-22-10-3-1-8-20(22)21-9-2-4-11-23(21)24/h1-5,7-13,17,24H,6,14-16,18H2,(H,28,29). The maximum absolute atomic E-state index is 12.2. The summed E-state index contributed by atoms with van der Waals surface area (Å²) in [5, 5.41) is 2.83. The fraction of sp³-hybridized carbons (Fsp3) is 0.222. The van der Waals surface area contributed by atoms with Gasteiger partial charge in [-0.25, -0.2) is 4.79 Å².